The first kappa shape index (κ1) is 9.94. The van der Waals surface area contributed by atoms with Crippen molar-refractivity contribution >= 4 is 11.9 Å². The zero-order valence-electron chi connectivity index (χ0n) is 6.85. The molecule has 0 amide bonds. The lowest BCUT2D eigenvalue weighted by molar-refractivity contribution is -0.137. The zero-order chi connectivity index (χ0) is 8.69. The van der Waals surface area contributed by atoms with Gasteiger partial charge in [0.2, 0.25) is 0 Å². The fraction of sp³-hybridized carbons (Fsp3) is 0.714. The molecule has 0 unspecified atom stereocenters. The van der Waals surface area contributed by atoms with Crippen molar-refractivity contribution in [2.45, 2.75) is 19.8 Å². The number of methoxy groups -OCH3 is 1. The molecule has 11 heavy (non-hydrogen) atoms. The van der Waals surface area contributed by atoms with Crippen molar-refractivity contribution in [3.05, 3.63) is 0 Å². The Kier molecular flexibility index (Phi) is 5.15. The van der Waals surface area contributed by atoms with E-state index in [1.807, 2.05) is 6.92 Å². The standard InChI is InChI=1S/C7H13NO3/c1-3-4-5-11-7(9)6(8)10-2/h8H,3-5H2,1-2H3. The van der Waals surface area contributed by atoms with Crippen molar-refractivity contribution in [1.82, 2.24) is 0 Å². The third-order valence-electron chi connectivity index (χ3n) is 1.12. The van der Waals surface area contributed by atoms with E-state index >= 15 is 0 Å². The largest absolute Gasteiger partial charge is 0.476 e. The quantitative estimate of drug-likeness (QED) is 0.288. The molecule has 0 aromatic rings. The maximum absolute atomic E-state index is 10.7. The molecule has 4 heteroatoms. The molecule has 0 aromatic heterocycles. The molecule has 0 bridgehead atoms. The number of unbranched alkanes of at least 4 members (excludes halogenated alkanes) is 1. The van der Waals surface area contributed by atoms with E-state index in [0.717, 1.165) is 12.8 Å². The summed E-state index contributed by atoms with van der Waals surface area (Å²) in [6.07, 6.45) is 1.79. The normalized spacial score (nSPS) is 8.91. The van der Waals surface area contributed by atoms with Crippen molar-refractivity contribution in [3.63, 3.8) is 0 Å². The van der Waals surface area contributed by atoms with Crippen LogP contribution in [0.4, 0.5) is 0 Å². The van der Waals surface area contributed by atoms with Gasteiger partial charge >= 0.3 is 5.97 Å². The number of hydrogen-bond donors (Lipinski definition) is 1. The van der Waals surface area contributed by atoms with Gasteiger partial charge in [-0.2, -0.15) is 0 Å². The minimum atomic E-state index is -0.694. The van der Waals surface area contributed by atoms with E-state index < -0.39 is 11.9 Å². The molecule has 0 rings (SSSR count). The van der Waals surface area contributed by atoms with Crippen molar-refractivity contribution in [1.29, 1.82) is 5.41 Å². The Bertz CT molecular complexity index is 145. The highest BCUT2D eigenvalue weighted by Crippen LogP contribution is 1.89. The Labute approximate surface area is 66.0 Å². The van der Waals surface area contributed by atoms with Crippen molar-refractivity contribution in [3.8, 4) is 0 Å². The Morgan fingerprint density at radius 1 is 1.55 bits per heavy atom. The predicted octanol–water partition coefficient (Wildman–Crippen LogP) is 0.953. The summed E-state index contributed by atoms with van der Waals surface area (Å²) >= 11 is 0. The number of hydrogen-bond acceptors (Lipinski definition) is 4. The maximum atomic E-state index is 10.7. The van der Waals surface area contributed by atoms with Crippen LogP contribution in [0.5, 0.6) is 0 Å². The van der Waals surface area contributed by atoms with E-state index in [1.54, 1.807) is 0 Å². The van der Waals surface area contributed by atoms with Gasteiger partial charge in [-0.3, -0.25) is 5.41 Å². The second kappa shape index (κ2) is 5.70. The van der Waals surface area contributed by atoms with Crippen molar-refractivity contribution in [2.24, 2.45) is 0 Å². The third kappa shape index (κ3) is 4.36. The van der Waals surface area contributed by atoms with Gasteiger partial charge in [0.05, 0.1) is 13.7 Å². The van der Waals surface area contributed by atoms with Crippen LogP contribution in [0.2, 0.25) is 0 Å². The number of nitrogens with one attached hydrogen (secondary N) is 1. The van der Waals surface area contributed by atoms with Gasteiger partial charge in [-0.05, 0) is 6.42 Å². The van der Waals surface area contributed by atoms with Crippen LogP contribution in [0.1, 0.15) is 19.8 Å². The summed E-state index contributed by atoms with van der Waals surface area (Å²) in [7, 11) is 1.27. The minimum absolute atomic E-state index is 0.362. The average molecular weight is 159 g/mol. The summed E-state index contributed by atoms with van der Waals surface area (Å²) in [5, 5.41) is 6.88. The number of rotatable bonds is 3. The molecular weight excluding hydrogens is 146 g/mol. The highest BCUT2D eigenvalue weighted by Gasteiger charge is 2.09. The SMILES string of the molecule is CCCCOC(=O)C(=N)OC. The van der Waals surface area contributed by atoms with Crippen molar-refractivity contribution in [2.75, 3.05) is 13.7 Å². The van der Waals surface area contributed by atoms with Gasteiger partial charge in [-0.1, -0.05) is 13.3 Å². The molecule has 0 spiro atoms. The first-order chi connectivity index (χ1) is 5.22. The fourth-order valence-corrected chi connectivity index (χ4v) is 0.458. The van der Waals surface area contributed by atoms with Crippen LogP contribution < -0.4 is 0 Å². The summed E-state index contributed by atoms with van der Waals surface area (Å²) in [5.41, 5.74) is 0. The molecule has 0 radical (unpaired) electrons. The van der Waals surface area contributed by atoms with Gasteiger partial charge in [0.1, 0.15) is 0 Å². The molecule has 0 heterocycles. The van der Waals surface area contributed by atoms with Crippen molar-refractivity contribution < 1.29 is 14.3 Å². The molecule has 4 nitrogen and oxygen atoms in total. The average Bonchev–Trinajstić information content (AvgIpc) is 2.03. The highest BCUT2D eigenvalue weighted by molar-refractivity contribution is 6.31. The Balaban J connectivity index is 3.44. The molecule has 0 aliphatic carbocycles. The minimum Gasteiger partial charge on any atom is -0.476 e. The fourth-order valence-electron chi connectivity index (χ4n) is 0.458. The van der Waals surface area contributed by atoms with Crippen LogP contribution in [0.15, 0.2) is 0 Å². The van der Waals surface area contributed by atoms with E-state index in [0.29, 0.717) is 6.61 Å². The van der Waals surface area contributed by atoms with E-state index in [2.05, 4.69) is 9.47 Å². The topological polar surface area (TPSA) is 59.4 Å². The summed E-state index contributed by atoms with van der Waals surface area (Å²) in [5.74, 6) is -1.14. The highest BCUT2D eigenvalue weighted by atomic mass is 16.6. The first-order valence-electron chi connectivity index (χ1n) is 3.52. The van der Waals surface area contributed by atoms with Crippen LogP contribution in [0.3, 0.4) is 0 Å². The molecule has 1 N–H and O–H groups in total. The summed E-state index contributed by atoms with van der Waals surface area (Å²) in [4.78, 5) is 10.7. The molecule has 0 saturated carbocycles. The monoisotopic (exact) mass is 159 g/mol. The van der Waals surface area contributed by atoms with Gasteiger partial charge in [-0.25, -0.2) is 4.79 Å². The van der Waals surface area contributed by atoms with Crippen LogP contribution >= 0.6 is 0 Å². The van der Waals surface area contributed by atoms with Gasteiger partial charge in [0, 0.05) is 0 Å². The lowest BCUT2D eigenvalue weighted by Crippen LogP contribution is -2.18. The summed E-state index contributed by atoms with van der Waals surface area (Å²) in [6.45, 7) is 2.36. The predicted molar refractivity (Wildman–Crippen MR) is 40.6 cm³/mol. The number of carbonyl (C=O) groups is 1. The molecule has 0 aromatic carbocycles. The second-order valence-electron chi connectivity index (χ2n) is 2.02. The van der Waals surface area contributed by atoms with E-state index in [1.165, 1.54) is 7.11 Å². The van der Waals surface area contributed by atoms with Crippen LogP contribution in [0, 0.1) is 5.41 Å². The van der Waals surface area contributed by atoms with E-state index in [4.69, 9.17) is 5.41 Å². The Hall–Kier alpha value is -1.06. The van der Waals surface area contributed by atoms with E-state index in [-0.39, 0.29) is 0 Å². The van der Waals surface area contributed by atoms with Crippen LogP contribution in [0.25, 0.3) is 0 Å². The number of carbonyl (C=O) groups excluding carboxylic acids is 1. The Morgan fingerprint density at radius 2 is 2.18 bits per heavy atom. The lowest BCUT2D eigenvalue weighted by atomic mass is 10.4. The molecular formula is C7H13NO3. The third-order valence-corrected chi connectivity index (χ3v) is 1.12. The van der Waals surface area contributed by atoms with Gasteiger partial charge in [0.25, 0.3) is 5.90 Å². The zero-order valence-corrected chi connectivity index (χ0v) is 6.85. The molecule has 0 aliphatic heterocycles. The molecule has 64 valence electrons. The van der Waals surface area contributed by atoms with Gasteiger partial charge in [-0.15, -0.1) is 0 Å². The molecule has 0 fully saturated rings. The summed E-state index contributed by atoms with van der Waals surface area (Å²) in [6, 6.07) is 0. The molecule has 0 saturated heterocycles. The summed E-state index contributed by atoms with van der Waals surface area (Å²) < 4.78 is 9.00. The number of ether oxygens (including phenoxy) is 2. The Morgan fingerprint density at radius 3 is 2.64 bits per heavy atom. The first-order valence-corrected chi connectivity index (χ1v) is 3.52. The van der Waals surface area contributed by atoms with Crippen LogP contribution in [-0.4, -0.2) is 25.6 Å². The van der Waals surface area contributed by atoms with Gasteiger partial charge in [0.15, 0.2) is 0 Å². The molecule has 0 aliphatic rings. The van der Waals surface area contributed by atoms with Gasteiger partial charge < -0.3 is 9.47 Å². The van der Waals surface area contributed by atoms with E-state index in [9.17, 15) is 4.79 Å². The second-order valence-corrected chi connectivity index (χ2v) is 2.02. The maximum Gasteiger partial charge on any atom is 0.393 e. The molecule has 0 atom stereocenters. The van der Waals surface area contributed by atoms with Crippen LogP contribution in [-0.2, 0) is 14.3 Å². The lowest BCUT2D eigenvalue weighted by Gasteiger charge is -2.02. The smallest absolute Gasteiger partial charge is 0.393 e. The number of esters is 1.